The van der Waals surface area contributed by atoms with E-state index in [4.69, 9.17) is 52.1 Å². The van der Waals surface area contributed by atoms with Crippen LogP contribution in [0.5, 0.6) is 0 Å². The number of aliphatic hydroxyl groups excluding tert-OH is 17. The molecule has 29 nitrogen and oxygen atoms in total. The highest BCUT2D eigenvalue weighted by Crippen LogP contribution is 2.76. The van der Waals surface area contributed by atoms with Crippen LogP contribution in [0.4, 0.5) is 0 Å². The van der Waals surface area contributed by atoms with Crippen LogP contribution >= 0.6 is 0 Å². The predicted octanol–water partition coefficient (Wildman–Crippen LogP) is -4.01. The molecule has 29 heteroatoms. The van der Waals surface area contributed by atoms with E-state index in [2.05, 4.69) is 54.5 Å². The highest BCUT2D eigenvalue weighted by molar-refractivity contribution is 5.91. The quantitative estimate of drug-likeness (QED) is 0.0549. The van der Waals surface area contributed by atoms with Crippen molar-refractivity contribution in [2.45, 2.75) is 298 Å². The van der Waals surface area contributed by atoms with Gasteiger partial charge in [-0.3, -0.25) is 4.79 Å². The van der Waals surface area contributed by atoms with E-state index >= 15 is 4.79 Å². The van der Waals surface area contributed by atoms with Gasteiger partial charge in [-0.15, -0.1) is 0 Å². The molecule has 6 aliphatic heterocycles. The number of ether oxygens (including phenoxy) is 11. The lowest BCUT2D eigenvalue weighted by atomic mass is 9.33. The largest absolute Gasteiger partial charge is 0.394 e. The van der Waals surface area contributed by atoms with Crippen LogP contribution in [0.1, 0.15) is 120 Å². The smallest absolute Gasteiger partial charge is 0.187 e. The monoisotopic (exact) mass is 1340 g/mol. The maximum absolute atomic E-state index is 15.6. The zero-order valence-electron chi connectivity index (χ0n) is 54.2. The van der Waals surface area contributed by atoms with E-state index in [1.165, 1.54) is 12.5 Å². The number of hydrogen-bond donors (Lipinski definition) is 17. The van der Waals surface area contributed by atoms with Crippen LogP contribution in [0.3, 0.4) is 0 Å². The summed E-state index contributed by atoms with van der Waals surface area (Å²) >= 11 is 0. The van der Waals surface area contributed by atoms with Gasteiger partial charge in [0, 0.05) is 5.41 Å². The van der Waals surface area contributed by atoms with Gasteiger partial charge in [-0.05, 0) is 116 Å². The Balaban J connectivity index is 0.784. The van der Waals surface area contributed by atoms with Crippen molar-refractivity contribution in [2.75, 3.05) is 33.0 Å². The predicted molar refractivity (Wildman–Crippen MR) is 314 cm³/mol. The average molecular weight is 1340 g/mol. The number of aliphatic hydroxyl groups is 17. The van der Waals surface area contributed by atoms with Gasteiger partial charge in [0.1, 0.15) is 134 Å². The summed E-state index contributed by atoms with van der Waals surface area (Å²) in [6.07, 6.45) is -37.3. The van der Waals surface area contributed by atoms with Gasteiger partial charge >= 0.3 is 0 Å². The Morgan fingerprint density at radius 3 is 1.77 bits per heavy atom. The SMILES string of the molecule is CC1OC(OC2C(O)COC(OC3C(O)C(CO)OC(OC4C(OC5CCC6(C)C(CCC7(C)C6CC=C6C8CC(C)(C)CCC8(C(=O)C8OC(COC9OC(CO)C(O)C(O)C9O)C(O)C(O)C8O)CCC67C)C5(C)C)OCC(O)C4O)C3O)C2O)C(O)C(O)C1O. The lowest BCUT2D eigenvalue weighted by Gasteiger charge is -2.71. The molecule has 17 N–H and O–H groups in total. The number of carbonyl (C=O) groups is 1. The van der Waals surface area contributed by atoms with Crippen LogP contribution in [-0.2, 0) is 56.9 Å². The molecule has 0 aromatic heterocycles. The van der Waals surface area contributed by atoms with Crippen LogP contribution in [-0.4, -0.2) is 304 Å². The first-order valence-electron chi connectivity index (χ1n) is 33.4. The second-order valence-corrected chi connectivity index (χ2v) is 31.0. The molecule has 0 aromatic rings. The second kappa shape index (κ2) is 27.0. The van der Waals surface area contributed by atoms with E-state index in [0.29, 0.717) is 44.9 Å². The van der Waals surface area contributed by atoms with Crippen molar-refractivity contribution in [3.8, 4) is 0 Å². The molecule has 0 spiro atoms. The second-order valence-electron chi connectivity index (χ2n) is 31.0. The fourth-order valence-corrected chi connectivity index (χ4v) is 19.1. The summed E-state index contributed by atoms with van der Waals surface area (Å²) in [7, 11) is 0. The van der Waals surface area contributed by atoms with Crippen LogP contribution in [0.15, 0.2) is 11.6 Å². The molecule has 0 amide bonds. The van der Waals surface area contributed by atoms with E-state index in [-0.39, 0.29) is 46.4 Å². The summed E-state index contributed by atoms with van der Waals surface area (Å²) in [4.78, 5) is 15.6. The zero-order chi connectivity index (χ0) is 67.7. The fraction of sp³-hybridized carbons (Fsp3) is 0.953. The summed E-state index contributed by atoms with van der Waals surface area (Å²) in [5.41, 5.74) is -1.47. The number of carbonyl (C=O) groups excluding carboxylic acids is 1. The molecule has 6 heterocycles. The van der Waals surface area contributed by atoms with Crippen LogP contribution in [0.2, 0.25) is 0 Å². The number of ketones is 1. The van der Waals surface area contributed by atoms with Crippen molar-refractivity contribution in [1.82, 2.24) is 0 Å². The summed E-state index contributed by atoms with van der Waals surface area (Å²) in [6, 6.07) is 0. The van der Waals surface area contributed by atoms with E-state index in [1.54, 1.807) is 0 Å². The van der Waals surface area contributed by atoms with Crippen LogP contribution in [0.25, 0.3) is 0 Å². The van der Waals surface area contributed by atoms with Gasteiger partial charge in [0.15, 0.2) is 37.2 Å². The number of rotatable bonds is 15. The van der Waals surface area contributed by atoms with Gasteiger partial charge < -0.3 is 139 Å². The fourth-order valence-electron chi connectivity index (χ4n) is 19.1. The third-order valence-electron chi connectivity index (χ3n) is 25.0. The van der Waals surface area contributed by atoms with Crippen molar-refractivity contribution in [3.05, 3.63) is 11.6 Å². The van der Waals surface area contributed by atoms with E-state index in [0.717, 1.165) is 19.3 Å². The topological polar surface area (TPSA) is 463 Å². The van der Waals surface area contributed by atoms with Crippen molar-refractivity contribution in [1.29, 1.82) is 0 Å². The molecule has 36 unspecified atom stereocenters. The first-order valence-corrected chi connectivity index (χ1v) is 33.4. The standard InChI is InChI=1S/C64H104O29/c1-25-36(69)41(74)46(79)56(86-25)91-49-29(68)23-83-55(47(49)80)92-50-40(73)31(21-66)89-57(48(50)81)93-52-37(70)28(67)22-84-58(52)90-35-12-13-61(6)33(60(35,4)5)11-14-63(8)34(61)10-9-26-27-19-59(2,3)15-17-64(27,18-16-62(26,63)7)53(82)51-44(77)42(75)39(72)32(87-51)24-85-54-45(78)43(76)38(71)30(20-65)88-54/h9,25,27-52,54-58,65-81H,10-24H2,1-8H3. The molecular formula is C64H104O29. The molecule has 93 heavy (non-hydrogen) atoms. The third kappa shape index (κ3) is 12.4. The lowest BCUT2D eigenvalue weighted by Crippen LogP contribution is -2.67. The molecule has 534 valence electrons. The minimum Gasteiger partial charge on any atom is -0.394 e. The minimum atomic E-state index is -1.96. The maximum atomic E-state index is 15.6. The van der Waals surface area contributed by atoms with Gasteiger partial charge in [0.2, 0.25) is 0 Å². The number of hydrogen-bond acceptors (Lipinski definition) is 29. The molecule has 36 atom stereocenters. The van der Waals surface area contributed by atoms with Crippen molar-refractivity contribution >= 4 is 5.78 Å². The first-order chi connectivity index (χ1) is 43.6. The molecular weight excluding hydrogens is 1230 g/mol. The third-order valence-corrected chi connectivity index (χ3v) is 25.0. The van der Waals surface area contributed by atoms with Gasteiger partial charge in [-0.2, -0.15) is 0 Å². The normalized spacial score (nSPS) is 54.7. The highest BCUT2D eigenvalue weighted by atomic mass is 16.8. The number of allylic oxidation sites excluding steroid dienone is 2. The number of Topliss-reactive ketones (excluding diaryl/α,β-unsaturated/α-hetero) is 1. The van der Waals surface area contributed by atoms with Gasteiger partial charge in [0.05, 0.1) is 45.2 Å². The van der Waals surface area contributed by atoms with E-state index < -0.39 is 221 Å². The number of fused-ring (bicyclic) bond motifs is 7. The van der Waals surface area contributed by atoms with Gasteiger partial charge in [-0.1, -0.05) is 60.1 Å². The highest BCUT2D eigenvalue weighted by Gasteiger charge is 2.71. The minimum absolute atomic E-state index is 0.0704. The van der Waals surface area contributed by atoms with Gasteiger partial charge in [0.25, 0.3) is 0 Å². The Morgan fingerprint density at radius 1 is 0.505 bits per heavy atom. The molecule has 6 saturated heterocycles. The Labute approximate surface area is 540 Å². The van der Waals surface area contributed by atoms with Crippen LogP contribution < -0.4 is 0 Å². The molecule has 10 fully saturated rings. The molecule has 4 saturated carbocycles. The Morgan fingerprint density at radius 2 is 1.08 bits per heavy atom. The Bertz CT molecular complexity index is 2620. The van der Waals surface area contributed by atoms with Crippen molar-refractivity contribution < 1.29 is 144 Å². The molecule has 11 aliphatic rings. The van der Waals surface area contributed by atoms with Gasteiger partial charge in [-0.25, -0.2) is 0 Å². The lowest BCUT2D eigenvalue weighted by molar-refractivity contribution is -0.386. The molecule has 0 radical (unpaired) electrons. The molecule has 0 bridgehead atoms. The molecule has 0 aromatic carbocycles. The zero-order valence-corrected chi connectivity index (χ0v) is 54.2. The van der Waals surface area contributed by atoms with E-state index in [1.807, 2.05) is 0 Å². The summed E-state index contributed by atoms with van der Waals surface area (Å²) in [6.45, 7) is 14.3. The summed E-state index contributed by atoms with van der Waals surface area (Å²) in [5, 5.41) is 185. The Hall–Kier alpha value is -1.71. The average Bonchev–Trinajstić information content (AvgIpc) is 0.676. The Kier molecular flexibility index (Phi) is 21.1. The summed E-state index contributed by atoms with van der Waals surface area (Å²) < 4.78 is 65.6. The van der Waals surface area contributed by atoms with E-state index in [9.17, 15) is 86.8 Å². The van der Waals surface area contributed by atoms with Crippen molar-refractivity contribution in [2.24, 2.45) is 50.2 Å². The van der Waals surface area contributed by atoms with Crippen molar-refractivity contribution in [3.63, 3.8) is 0 Å². The maximum Gasteiger partial charge on any atom is 0.187 e. The first kappa shape index (κ1) is 72.5. The molecule has 11 rings (SSSR count). The van der Waals surface area contributed by atoms with Crippen LogP contribution in [0, 0.1) is 50.2 Å². The molecule has 5 aliphatic carbocycles. The summed E-state index contributed by atoms with van der Waals surface area (Å²) in [5.74, 6) is -0.413.